The summed E-state index contributed by atoms with van der Waals surface area (Å²) < 4.78 is 0. The van der Waals surface area contributed by atoms with Gasteiger partial charge in [-0.05, 0) is 6.92 Å². The number of hydrogen-bond donors (Lipinski definition) is 0. The Hall–Kier alpha value is 0.887. The third-order valence-corrected chi connectivity index (χ3v) is 0. The molecule has 0 unspecified atom stereocenters. The maximum atomic E-state index is 4.89. The van der Waals surface area contributed by atoms with Crippen LogP contribution in [0.2, 0.25) is 0 Å². The van der Waals surface area contributed by atoms with Crippen molar-refractivity contribution in [1.82, 2.24) is 0 Å². The molecule has 0 amide bonds. The number of rotatable bonds is 0. The molecule has 2 heteroatoms. The first-order valence-electron chi connectivity index (χ1n) is 0.767. The Morgan fingerprint density at radius 2 is 1.75 bits per heavy atom. The molecule has 0 N–H and O–H groups in total. The van der Waals surface area contributed by atoms with Crippen molar-refractivity contribution < 1.29 is 0 Å². The van der Waals surface area contributed by atoms with Crippen molar-refractivity contribution >= 4 is 30.5 Å². The van der Waals surface area contributed by atoms with Gasteiger partial charge in [-0.15, -0.1) is 11.6 Å². The molecule has 0 aromatic heterocycles. The first-order valence-corrected chi connectivity index (χ1v) is 1.30. The van der Waals surface area contributed by atoms with E-state index >= 15 is 0 Å². The molecule has 0 aromatic rings. The van der Waals surface area contributed by atoms with Crippen molar-refractivity contribution in [3.8, 4) is 0 Å². The third kappa shape index (κ3) is 13.1. The Kier molecular flexibility index (Phi) is 20.1. The van der Waals surface area contributed by atoms with Crippen molar-refractivity contribution in [2.45, 2.75) is 0 Å². The number of halogens is 1. The zero-order chi connectivity index (χ0) is 2.71. The standard InChI is InChI=1S/C2H4Cl.Li.H/c1-2-3;;/h1-2H2;;. The molecule has 0 bridgehead atoms. The van der Waals surface area contributed by atoms with Crippen LogP contribution in [0.25, 0.3) is 0 Å². The van der Waals surface area contributed by atoms with Gasteiger partial charge >= 0.3 is 18.9 Å². The molecule has 0 saturated heterocycles. The molecule has 0 aliphatic heterocycles. The molecule has 1 radical (unpaired) electrons. The van der Waals surface area contributed by atoms with E-state index in [2.05, 4.69) is 6.92 Å². The van der Waals surface area contributed by atoms with E-state index in [0.717, 1.165) is 0 Å². The van der Waals surface area contributed by atoms with Gasteiger partial charge in [0, 0.05) is 5.88 Å². The first-order chi connectivity index (χ1) is 1.41. The van der Waals surface area contributed by atoms with Gasteiger partial charge in [0.05, 0.1) is 0 Å². The van der Waals surface area contributed by atoms with E-state index in [0.29, 0.717) is 5.88 Å². The molecule has 0 heterocycles. The molecule has 0 spiro atoms. The van der Waals surface area contributed by atoms with Crippen LogP contribution in [-0.4, -0.2) is 24.7 Å². The minimum absolute atomic E-state index is 0. The Bertz CT molecular complexity index is 6.00. The second-order valence-corrected chi connectivity index (χ2v) is 0.567. The van der Waals surface area contributed by atoms with Gasteiger partial charge in [-0.25, -0.2) is 0 Å². The van der Waals surface area contributed by atoms with Gasteiger partial charge in [0.2, 0.25) is 0 Å². The van der Waals surface area contributed by atoms with Gasteiger partial charge in [0.15, 0.2) is 0 Å². The quantitative estimate of drug-likeness (QED) is 0.287. The molecule has 0 aromatic carbocycles. The van der Waals surface area contributed by atoms with E-state index in [4.69, 9.17) is 11.6 Å². The topological polar surface area (TPSA) is 0 Å². The summed E-state index contributed by atoms with van der Waals surface area (Å²) in [6.07, 6.45) is 0. The van der Waals surface area contributed by atoms with E-state index < -0.39 is 0 Å². The van der Waals surface area contributed by atoms with Gasteiger partial charge in [0.25, 0.3) is 0 Å². The monoisotopic (exact) mass is 71.0 g/mol. The minimum atomic E-state index is 0. The van der Waals surface area contributed by atoms with Crippen molar-refractivity contribution in [2.75, 3.05) is 5.88 Å². The van der Waals surface area contributed by atoms with Crippen LogP contribution in [-0.2, 0) is 0 Å². The van der Waals surface area contributed by atoms with Crippen molar-refractivity contribution in [3.63, 3.8) is 0 Å². The van der Waals surface area contributed by atoms with Gasteiger partial charge in [-0.1, -0.05) is 0 Å². The van der Waals surface area contributed by atoms with Crippen LogP contribution in [0.3, 0.4) is 0 Å². The van der Waals surface area contributed by atoms with E-state index in [1.54, 1.807) is 0 Å². The van der Waals surface area contributed by atoms with Gasteiger partial charge in [-0.3, -0.25) is 0 Å². The zero-order valence-electron chi connectivity index (χ0n) is 1.79. The molecule has 0 atom stereocenters. The maximum absolute atomic E-state index is 4.89. The second kappa shape index (κ2) is 9.10. The van der Waals surface area contributed by atoms with Crippen molar-refractivity contribution in [1.29, 1.82) is 0 Å². The van der Waals surface area contributed by atoms with E-state index in [-0.39, 0.29) is 18.9 Å². The summed E-state index contributed by atoms with van der Waals surface area (Å²) in [6, 6.07) is 0. The Balaban J connectivity index is 0. The molecule has 21 valence electrons. The van der Waals surface area contributed by atoms with Crippen LogP contribution in [0, 0.1) is 6.92 Å². The van der Waals surface area contributed by atoms with Crippen molar-refractivity contribution in [3.05, 3.63) is 6.92 Å². The fraction of sp³-hybridized carbons (Fsp3) is 0.500. The normalized spacial score (nSPS) is 4.50. The Labute approximate surface area is 43.7 Å². The fourth-order valence-corrected chi connectivity index (χ4v) is 0. The van der Waals surface area contributed by atoms with E-state index in [1.165, 1.54) is 0 Å². The summed E-state index contributed by atoms with van der Waals surface area (Å²) >= 11 is 4.89. The molecule has 0 nitrogen and oxygen atoms in total. The molecule has 0 aliphatic carbocycles. The average Bonchev–Trinajstić information content (AvgIpc) is 0.918. The van der Waals surface area contributed by atoms with Crippen LogP contribution >= 0.6 is 11.6 Å². The molecular weight excluding hydrogens is 66.4 g/mol. The Morgan fingerprint density at radius 3 is 1.75 bits per heavy atom. The summed E-state index contributed by atoms with van der Waals surface area (Å²) in [6.45, 7) is 3.25. The molecular formula is C2H5ClLi. The van der Waals surface area contributed by atoms with Gasteiger partial charge < -0.3 is 0 Å². The average molecular weight is 71.5 g/mol. The third-order valence-electron chi connectivity index (χ3n) is 0. The van der Waals surface area contributed by atoms with Crippen LogP contribution in [0.4, 0.5) is 0 Å². The Morgan fingerprint density at radius 1 is 1.75 bits per heavy atom. The molecule has 0 saturated carbocycles. The molecule has 0 rings (SSSR count). The predicted octanol–water partition coefficient (Wildman–Crippen LogP) is 0.411. The molecule has 4 heavy (non-hydrogen) atoms. The summed E-state index contributed by atoms with van der Waals surface area (Å²) in [5.41, 5.74) is 0. The van der Waals surface area contributed by atoms with Gasteiger partial charge in [0.1, 0.15) is 0 Å². The van der Waals surface area contributed by atoms with Crippen LogP contribution in [0.5, 0.6) is 0 Å². The molecule has 0 aliphatic rings. The summed E-state index contributed by atoms with van der Waals surface area (Å²) in [5.74, 6) is 0.472. The predicted molar refractivity (Wildman–Crippen MR) is 23.2 cm³/mol. The van der Waals surface area contributed by atoms with Gasteiger partial charge in [-0.2, -0.15) is 0 Å². The zero-order valence-corrected chi connectivity index (χ0v) is 2.55. The number of alkyl halides is 1. The fourth-order valence-electron chi connectivity index (χ4n) is 0. The van der Waals surface area contributed by atoms with Crippen LogP contribution in [0.15, 0.2) is 0 Å². The van der Waals surface area contributed by atoms with E-state index in [9.17, 15) is 0 Å². The SMILES string of the molecule is [CH2]CCl.[LiH]. The second-order valence-electron chi connectivity index (χ2n) is 0.189. The van der Waals surface area contributed by atoms with Crippen LogP contribution in [0.1, 0.15) is 0 Å². The van der Waals surface area contributed by atoms with Crippen LogP contribution < -0.4 is 0 Å². The summed E-state index contributed by atoms with van der Waals surface area (Å²) in [5, 5.41) is 0. The summed E-state index contributed by atoms with van der Waals surface area (Å²) in [4.78, 5) is 0. The summed E-state index contributed by atoms with van der Waals surface area (Å²) in [7, 11) is 0. The number of hydrogen-bond acceptors (Lipinski definition) is 0. The van der Waals surface area contributed by atoms with E-state index in [1.807, 2.05) is 0 Å². The molecule has 0 fully saturated rings. The van der Waals surface area contributed by atoms with Crippen molar-refractivity contribution in [2.24, 2.45) is 0 Å². The first kappa shape index (κ1) is 8.86.